The molecule has 0 radical (unpaired) electrons. The highest BCUT2D eigenvalue weighted by molar-refractivity contribution is 8.13. The van der Waals surface area contributed by atoms with Gasteiger partial charge < -0.3 is 0 Å². The minimum Gasteiger partial charge on any atom is -0.286 e. The maximum absolute atomic E-state index is 13.8. The summed E-state index contributed by atoms with van der Waals surface area (Å²) in [6.45, 7) is 3.89. The molecule has 0 saturated carbocycles. The van der Waals surface area contributed by atoms with Gasteiger partial charge in [-0.2, -0.15) is 0 Å². The molecule has 0 aliphatic rings. The second-order valence-electron chi connectivity index (χ2n) is 8.45. The van der Waals surface area contributed by atoms with Crippen LogP contribution in [0.25, 0.3) is 0 Å². The normalized spacial score (nSPS) is 13.2. The fourth-order valence-electron chi connectivity index (χ4n) is 3.85. The Morgan fingerprint density at radius 1 is 0.686 bits per heavy atom. The van der Waals surface area contributed by atoms with Crippen LogP contribution in [0.3, 0.4) is 0 Å². The Morgan fingerprint density at radius 3 is 1.77 bits per heavy atom. The first-order valence-corrected chi connectivity index (χ1v) is 13.6. The number of benzene rings is 4. The molecule has 0 aliphatic carbocycles. The molecule has 2 atom stereocenters. The van der Waals surface area contributed by atoms with Crippen LogP contribution in [-0.2, 0) is 14.8 Å². The molecule has 0 spiro atoms. The third-order valence-corrected chi connectivity index (χ3v) is 8.18. The number of hydrogen-bond donors (Lipinski definition) is 1. The molecule has 4 aromatic rings. The van der Waals surface area contributed by atoms with E-state index in [1.165, 1.54) is 0 Å². The molecular formula is C29H27NO3S2. The quantitative estimate of drug-likeness (QED) is 0.283. The van der Waals surface area contributed by atoms with Gasteiger partial charge in [-0.05, 0) is 49.2 Å². The fourth-order valence-corrected chi connectivity index (χ4v) is 6.01. The highest BCUT2D eigenvalue weighted by atomic mass is 32.2. The van der Waals surface area contributed by atoms with E-state index in [1.807, 2.05) is 98.8 Å². The molecule has 4 nitrogen and oxygen atoms in total. The molecule has 0 bridgehead atoms. The van der Waals surface area contributed by atoms with Gasteiger partial charge in [0.05, 0.1) is 16.9 Å². The van der Waals surface area contributed by atoms with Gasteiger partial charge in [0.15, 0.2) is 0 Å². The molecule has 178 valence electrons. The first-order valence-electron chi connectivity index (χ1n) is 11.3. The van der Waals surface area contributed by atoms with E-state index in [2.05, 4.69) is 4.72 Å². The number of carbonyl (C=O) groups excluding carboxylic acids is 1. The summed E-state index contributed by atoms with van der Waals surface area (Å²) < 4.78 is 29.8. The molecule has 0 heterocycles. The standard InChI is InChI=1S/C29H27NO3S2/c1-21-13-17-23(18-14-21)27(29(31)34-25-11-7-4-8-12-25)28(24-9-5-3-6-10-24)30-35(32,33)26-19-15-22(2)16-20-26/h3-20,27-28,30H,1-2H3/t27-,28+/m0/s1. The Labute approximate surface area is 211 Å². The number of carbonyl (C=O) groups is 1. The lowest BCUT2D eigenvalue weighted by Gasteiger charge is -2.28. The molecule has 0 amide bonds. The molecule has 6 heteroatoms. The summed E-state index contributed by atoms with van der Waals surface area (Å²) in [5.74, 6) is -0.747. The van der Waals surface area contributed by atoms with Gasteiger partial charge in [-0.3, -0.25) is 4.79 Å². The number of nitrogens with one attached hydrogen (secondary N) is 1. The van der Waals surface area contributed by atoms with E-state index in [-0.39, 0.29) is 10.0 Å². The van der Waals surface area contributed by atoms with Gasteiger partial charge in [0, 0.05) is 4.90 Å². The summed E-state index contributed by atoms with van der Waals surface area (Å²) in [4.78, 5) is 14.8. The van der Waals surface area contributed by atoms with Crippen molar-refractivity contribution in [2.75, 3.05) is 0 Å². The average Bonchev–Trinajstić information content (AvgIpc) is 2.86. The zero-order valence-electron chi connectivity index (χ0n) is 19.6. The van der Waals surface area contributed by atoms with Gasteiger partial charge in [-0.25, -0.2) is 13.1 Å². The summed E-state index contributed by atoms with van der Waals surface area (Å²) in [5, 5.41) is -0.138. The molecule has 0 aliphatic heterocycles. The van der Waals surface area contributed by atoms with Crippen molar-refractivity contribution in [3.63, 3.8) is 0 Å². The van der Waals surface area contributed by atoms with Crippen LogP contribution in [0.15, 0.2) is 119 Å². The first kappa shape index (κ1) is 24.9. The summed E-state index contributed by atoms with van der Waals surface area (Å²) in [5.41, 5.74) is 3.50. The highest BCUT2D eigenvalue weighted by Gasteiger charge is 2.35. The fraction of sp³-hybridized carbons (Fsp3) is 0.138. The van der Waals surface area contributed by atoms with Crippen LogP contribution in [0.2, 0.25) is 0 Å². The first-order chi connectivity index (χ1) is 16.8. The second kappa shape index (κ2) is 11.0. The zero-order chi connectivity index (χ0) is 24.8. The number of sulfonamides is 1. The summed E-state index contributed by atoms with van der Waals surface area (Å²) in [7, 11) is -3.90. The summed E-state index contributed by atoms with van der Waals surface area (Å²) in [6, 6.07) is 32.3. The Balaban J connectivity index is 1.80. The lowest BCUT2D eigenvalue weighted by molar-refractivity contribution is -0.112. The Hall–Kier alpha value is -3.19. The van der Waals surface area contributed by atoms with E-state index < -0.39 is 22.0 Å². The third-order valence-electron chi connectivity index (χ3n) is 5.76. The van der Waals surface area contributed by atoms with Crippen molar-refractivity contribution in [2.24, 2.45) is 0 Å². The van der Waals surface area contributed by atoms with E-state index in [1.54, 1.807) is 24.3 Å². The van der Waals surface area contributed by atoms with E-state index in [0.717, 1.165) is 38.9 Å². The van der Waals surface area contributed by atoms with E-state index in [0.29, 0.717) is 0 Å². The second-order valence-corrected chi connectivity index (χ2v) is 11.2. The lowest BCUT2D eigenvalue weighted by Crippen LogP contribution is -2.35. The topological polar surface area (TPSA) is 63.2 Å². The molecule has 4 aromatic carbocycles. The van der Waals surface area contributed by atoms with Crippen LogP contribution in [0.4, 0.5) is 0 Å². The van der Waals surface area contributed by atoms with Crippen LogP contribution >= 0.6 is 11.8 Å². The van der Waals surface area contributed by atoms with Crippen molar-refractivity contribution >= 4 is 26.9 Å². The van der Waals surface area contributed by atoms with Crippen LogP contribution in [-0.4, -0.2) is 13.5 Å². The molecule has 0 aromatic heterocycles. The van der Waals surface area contributed by atoms with Crippen LogP contribution in [0, 0.1) is 13.8 Å². The van der Waals surface area contributed by atoms with Gasteiger partial charge in [0.1, 0.15) is 0 Å². The maximum atomic E-state index is 13.8. The maximum Gasteiger partial charge on any atom is 0.241 e. The molecule has 4 rings (SSSR count). The largest absolute Gasteiger partial charge is 0.286 e. The van der Waals surface area contributed by atoms with Crippen molar-refractivity contribution in [1.29, 1.82) is 0 Å². The van der Waals surface area contributed by atoms with Gasteiger partial charge in [-0.15, -0.1) is 0 Å². The Bertz CT molecular complexity index is 1370. The number of thioether (sulfide) groups is 1. The van der Waals surface area contributed by atoms with Crippen molar-refractivity contribution in [3.05, 3.63) is 131 Å². The molecule has 0 saturated heterocycles. The molecule has 0 fully saturated rings. The lowest BCUT2D eigenvalue weighted by atomic mass is 9.88. The summed E-state index contributed by atoms with van der Waals surface area (Å²) >= 11 is 1.12. The average molecular weight is 502 g/mol. The van der Waals surface area contributed by atoms with Crippen LogP contribution in [0.1, 0.15) is 34.2 Å². The zero-order valence-corrected chi connectivity index (χ0v) is 21.2. The van der Waals surface area contributed by atoms with Crippen molar-refractivity contribution in [1.82, 2.24) is 4.72 Å². The number of rotatable bonds is 8. The molecule has 0 unspecified atom stereocenters. The van der Waals surface area contributed by atoms with E-state index in [4.69, 9.17) is 0 Å². The minimum absolute atomic E-state index is 0.138. The molecule has 35 heavy (non-hydrogen) atoms. The van der Waals surface area contributed by atoms with Crippen molar-refractivity contribution < 1.29 is 13.2 Å². The minimum atomic E-state index is -3.90. The van der Waals surface area contributed by atoms with Gasteiger partial charge in [0.25, 0.3) is 0 Å². The predicted octanol–water partition coefficient (Wildman–Crippen LogP) is 6.43. The highest BCUT2D eigenvalue weighted by Crippen LogP contribution is 2.38. The number of hydrogen-bond acceptors (Lipinski definition) is 4. The smallest absolute Gasteiger partial charge is 0.241 e. The van der Waals surface area contributed by atoms with E-state index in [9.17, 15) is 13.2 Å². The predicted molar refractivity (Wildman–Crippen MR) is 142 cm³/mol. The Morgan fingerprint density at radius 2 is 1.20 bits per heavy atom. The van der Waals surface area contributed by atoms with Gasteiger partial charge >= 0.3 is 0 Å². The van der Waals surface area contributed by atoms with Crippen LogP contribution < -0.4 is 4.72 Å². The van der Waals surface area contributed by atoms with Gasteiger partial charge in [-0.1, -0.05) is 108 Å². The van der Waals surface area contributed by atoms with E-state index >= 15 is 0 Å². The monoisotopic (exact) mass is 501 g/mol. The Kier molecular flexibility index (Phi) is 7.86. The van der Waals surface area contributed by atoms with Crippen molar-refractivity contribution in [2.45, 2.75) is 35.6 Å². The van der Waals surface area contributed by atoms with Gasteiger partial charge in [0.2, 0.25) is 15.1 Å². The summed E-state index contributed by atoms with van der Waals surface area (Å²) in [6.07, 6.45) is 0. The van der Waals surface area contributed by atoms with Crippen LogP contribution in [0.5, 0.6) is 0 Å². The number of aryl methyl sites for hydroxylation is 2. The third kappa shape index (κ3) is 6.28. The molecule has 1 N–H and O–H groups in total. The van der Waals surface area contributed by atoms with Crippen molar-refractivity contribution in [3.8, 4) is 0 Å². The molecular weight excluding hydrogens is 474 g/mol. The SMILES string of the molecule is Cc1ccc([C@H](C(=O)Sc2ccccc2)[C@H](NS(=O)(=O)c2ccc(C)cc2)c2ccccc2)cc1.